The van der Waals surface area contributed by atoms with E-state index in [1.165, 1.54) is 7.11 Å². The first kappa shape index (κ1) is 10.8. The van der Waals surface area contributed by atoms with Crippen LogP contribution in [0.2, 0.25) is 0 Å². The molecule has 0 aromatic carbocycles. The first-order valence-corrected chi connectivity index (χ1v) is 4.97. The highest BCUT2D eigenvalue weighted by Gasteiger charge is 2.22. The SMILES string of the molecule is COC(=O)N1CCC(CCC#N)CC1. The lowest BCUT2D eigenvalue weighted by Gasteiger charge is -2.30. The highest BCUT2D eigenvalue weighted by molar-refractivity contribution is 5.67. The number of hydrogen-bond donors (Lipinski definition) is 0. The smallest absolute Gasteiger partial charge is 0.409 e. The zero-order valence-corrected chi connectivity index (χ0v) is 8.53. The molecular formula is C10H16N2O2. The monoisotopic (exact) mass is 196 g/mol. The van der Waals surface area contributed by atoms with Crippen LogP contribution >= 0.6 is 0 Å². The van der Waals surface area contributed by atoms with Gasteiger partial charge in [-0.1, -0.05) is 0 Å². The minimum absolute atomic E-state index is 0.233. The third-order valence-corrected chi connectivity index (χ3v) is 2.71. The zero-order chi connectivity index (χ0) is 10.4. The van der Waals surface area contributed by atoms with E-state index >= 15 is 0 Å². The number of nitrogens with zero attached hydrogens (tertiary/aromatic N) is 2. The Morgan fingerprint density at radius 2 is 2.21 bits per heavy atom. The van der Waals surface area contributed by atoms with Crippen LogP contribution in [0.15, 0.2) is 0 Å². The highest BCUT2D eigenvalue weighted by Crippen LogP contribution is 2.21. The third-order valence-electron chi connectivity index (χ3n) is 2.71. The van der Waals surface area contributed by atoms with Crippen LogP contribution < -0.4 is 0 Å². The molecule has 0 spiro atoms. The Balaban J connectivity index is 2.25. The molecule has 0 unspecified atom stereocenters. The predicted octanol–water partition coefficient (Wildman–Crippen LogP) is 1.77. The maximum atomic E-state index is 11.1. The Morgan fingerprint density at radius 1 is 1.57 bits per heavy atom. The second-order valence-electron chi connectivity index (χ2n) is 3.60. The Morgan fingerprint density at radius 3 is 2.71 bits per heavy atom. The van der Waals surface area contributed by atoms with Crippen molar-refractivity contribution >= 4 is 6.09 Å². The van der Waals surface area contributed by atoms with Crippen molar-refractivity contribution in [2.75, 3.05) is 20.2 Å². The molecule has 0 aliphatic carbocycles. The maximum absolute atomic E-state index is 11.1. The molecule has 4 heteroatoms. The molecule has 78 valence electrons. The topological polar surface area (TPSA) is 53.3 Å². The van der Waals surface area contributed by atoms with Crippen molar-refractivity contribution in [1.82, 2.24) is 4.90 Å². The molecule has 1 aliphatic rings. The van der Waals surface area contributed by atoms with E-state index in [0.29, 0.717) is 12.3 Å². The minimum atomic E-state index is -0.233. The number of rotatable bonds is 2. The molecule has 1 fully saturated rings. The van der Waals surface area contributed by atoms with Crippen LogP contribution in [0.5, 0.6) is 0 Å². The van der Waals surface area contributed by atoms with Gasteiger partial charge in [-0.2, -0.15) is 5.26 Å². The molecule has 0 atom stereocenters. The van der Waals surface area contributed by atoms with Gasteiger partial charge in [-0.3, -0.25) is 0 Å². The average molecular weight is 196 g/mol. The van der Waals surface area contributed by atoms with E-state index in [-0.39, 0.29) is 6.09 Å². The van der Waals surface area contributed by atoms with Crippen LogP contribution in [0.3, 0.4) is 0 Å². The molecule has 0 aromatic heterocycles. The molecule has 0 bridgehead atoms. The Kier molecular flexibility index (Phi) is 4.24. The Bertz CT molecular complexity index is 227. The molecule has 1 heterocycles. The van der Waals surface area contributed by atoms with Gasteiger partial charge in [-0.15, -0.1) is 0 Å². The van der Waals surface area contributed by atoms with Gasteiger partial charge in [0, 0.05) is 19.5 Å². The van der Waals surface area contributed by atoms with E-state index < -0.39 is 0 Å². The van der Waals surface area contributed by atoms with E-state index in [4.69, 9.17) is 5.26 Å². The van der Waals surface area contributed by atoms with E-state index in [9.17, 15) is 4.79 Å². The summed E-state index contributed by atoms with van der Waals surface area (Å²) in [5.74, 6) is 0.607. The van der Waals surface area contributed by atoms with Crippen LogP contribution in [-0.4, -0.2) is 31.2 Å². The third kappa shape index (κ3) is 2.91. The lowest BCUT2D eigenvalue weighted by molar-refractivity contribution is 0.105. The first-order chi connectivity index (χ1) is 6.77. The van der Waals surface area contributed by atoms with E-state index in [2.05, 4.69) is 10.8 Å². The Hall–Kier alpha value is -1.24. The summed E-state index contributed by atoms with van der Waals surface area (Å²) in [6.07, 6.45) is 3.35. The number of nitriles is 1. The van der Waals surface area contributed by atoms with Gasteiger partial charge in [0.05, 0.1) is 13.2 Å². The predicted molar refractivity (Wildman–Crippen MR) is 51.5 cm³/mol. The number of piperidine rings is 1. The van der Waals surface area contributed by atoms with Gasteiger partial charge < -0.3 is 9.64 Å². The highest BCUT2D eigenvalue weighted by atomic mass is 16.5. The molecule has 1 saturated heterocycles. The molecule has 1 rings (SSSR count). The van der Waals surface area contributed by atoms with Gasteiger partial charge in [-0.05, 0) is 25.2 Å². The van der Waals surface area contributed by atoms with Gasteiger partial charge in [-0.25, -0.2) is 4.79 Å². The van der Waals surface area contributed by atoms with Crippen molar-refractivity contribution < 1.29 is 9.53 Å². The number of carbonyl (C=O) groups excluding carboxylic acids is 1. The number of carbonyl (C=O) groups is 1. The summed E-state index contributed by atoms with van der Waals surface area (Å²) in [6.45, 7) is 1.53. The van der Waals surface area contributed by atoms with E-state index in [0.717, 1.165) is 32.4 Å². The molecule has 0 radical (unpaired) electrons. The van der Waals surface area contributed by atoms with Gasteiger partial charge in [0.2, 0.25) is 0 Å². The quantitative estimate of drug-likeness (QED) is 0.676. The molecule has 1 aliphatic heterocycles. The standard InChI is InChI=1S/C10H16N2O2/c1-14-10(13)12-7-4-9(5-8-12)3-2-6-11/h9H,2-5,7-8H2,1H3. The number of likely N-dealkylation sites (tertiary alicyclic amines) is 1. The normalized spacial score (nSPS) is 17.6. The van der Waals surface area contributed by atoms with Gasteiger partial charge in [0.25, 0.3) is 0 Å². The maximum Gasteiger partial charge on any atom is 0.409 e. The van der Waals surface area contributed by atoms with Crippen molar-refractivity contribution in [3.63, 3.8) is 0 Å². The fourth-order valence-corrected chi connectivity index (χ4v) is 1.80. The Labute approximate surface area is 84.4 Å². The van der Waals surface area contributed by atoms with E-state index in [1.54, 1.807) is 4.90 Å². The van der Waals surface area contributed by atoms with Crippen molar-refractivity contribution in [1.29, 1.82) is 5.26 Å². The number of methoxy groups -OCH3 is 1. The fraction of sp³-hybridized carbons (Fsp3) is 0.800. The molecule has 14 heavy (non-hydrogen) atoms. The van der Waals surface area contributed by atoms with Crippen molar-refractivity contribution in [3.8, 4) is 6.07 Å². The van der Waals surface area contributed by atoms with Crippen LogP contribution in [0.25, 0.3) is 0 Å². The number of ether oxygens (including phenoxy) is 1. The lowest BCUT2D eigenvalue weighted by atomic mass is 9.93. The second kappa shape index (κ2) is 5.48. The molecular weight excluding hydrogens is 180 g/mol. The summed E-state index contributed by atoms with van der Waals surface area (Å²) >= 11 is 0. The first-order valence-electron chi connectivity index (χ1n) is 4.97. The number of amides is 1. The summed E-state index contributed by atoms with van der Waals surface area (Å²) in [6, 6.07) is 2.15. The second-order valence-corrected chi connectivity index (χ2v) is 3.60. The zero-order valence-electron chi connectivity index (χ0n) is 8.53. The largest absolute Gasteiger partial charge is 0.453 e. The summed E-state index contributed by atoms with van der Waals surface area (Å²) in [5, 5.41) is 8.44. The summed E-state index contributed by atoms with van der Waals surface area (Å²) in [5.41, 5.74) is 0. The van der Waals surface area contributed by atoms with Crippen LogP contribution in [-0.2, 0) is 4.74 Å². The van der Waals surface area contributed by atoms with Crippen molar-refractivity contribution in [2.45, 2.75) is 25.7 Å². The summed E-state index contributed by atoms with van der Waals surface area (Å²) < 4.78 is 4.64. The molecule has 0 N–H and O–H groups in total. The molecule has 0 saturated carbocycles. The van der Waals surface area contributed by atoms with Crippen LogP contribution in [0.4, 0.5) is 4.79 Å². The van der Waals surface area contributed by atoms with Crippen molar-refractivity contribution in [3.05, 3.63) is 0 Å². The van der Waals surface area contributed by atoms with Gasteiger partial charge in [0.1, 0.15) is 0 Å². The summed E-state index contributed by atoms with van der Waals surface area (Å²) in [7, 11) is 1.41. The van der Waals surface area contributed by atoms with Crippen LogP contribution in [0, 0.1) is 17.2 Å². The number of hydrogen-bond acceptors (Lipinski definition) is 3. The van der Waals surface area contributed by atoms with E-state index in [1.807, 2.05) is 0 Å². The molecule has 1 amide bonds. The van der Waals surface area contributed by atoms with Gasteiger partial charge >= 0.3 is 6.09 Å². The molecule has 4 nitrogen and oxygen atoms in total. The average Bonchev–Trinajstić information content (AvgIpc) is 2.26. The van der Waals surface area contributed by atoms with Crippen molar-refractivity contribution in [2.24, 2.45) is 5.92 Å². The minimum Gasteiger partial charge on any atom is -0.453 e. The molecule has 0 aromatic rings. The van der Waals surface area contributed by atoms with Gasteiger partial charge in [0.15, 0.2) is 0 Å². The lowest BCUT2D eigenvalue weighted by Crippen LogP contribution is -2.38. The fourth-order valence-electron chi connectivity index (χ4n) is 1.80. The summed E-state index contributed by atoms with van der Waals surface area (Å²) in [4.78, 5) is 12.9. The van der Waals surface area contributed by atoms with Crippen LogP contribution in [0.1, 0.15) is 25.7 Å².